The molecule has 0 spiro atoms. The summed E-state index contributed by atoms with van der Waals surface area (Å²) in [6, 6.07) is 11.5. The van der Waals surface area contributed by atoms with Crippen LogP contribution in [0.4, 0.5) is 4.39 Å². The summed E-state index contributed by atoms with van der Waals surface area (Å²) >= 11 is 11.8. The molecule has 2 aromatic carbocycles. The van der Waals surface area contributed by atoms with Crippen LogP contribution in [-0.4, -0.2) is 36.8 Å². The number of carbonyl (C=O) groups is 2. The number of carboxylic acid groups (broad SMARTS) is 1. The number of nitriles is 1. The van der Waals surface area contributed by atoms with E-state index >= 15 is 0 Å². The topological polar surface area (TPSA) is 148 Å². The van der Waals surface area contributed by atoms with Crippen molar-refractivity contribution in [2.24, 2.45) is 22.5 Å². The number of carboxylic acids is 1. The Morgan fingerprint density at radius 1 is 1.19 bits per heavy atom. The minimum absolute atomic E-state index is 0.0191. The molecule has 2 aliphatic carbocycles. The molecule has 4 rings (SSSR count). The predicted octanol–water partition coefficient (Wildman–Crippen LogP) is 3.74. The third-order valence-electron chi connectivity index (χ3n) is 7.25. The van der Waals surface area contributed by atoms with E-state index in [1.165, 1.54) is 30.3 Å². The summed E-state index contributed by atoms with van der Waals surface area (Å²) in [6.45, 7) is -0.254. The molecule has 0 radical (unpaired) electrons. The Kier molecular flexibility index (Phi) is 6.81. The maximum absolute atomic E-state index is 13.9. The minimum Gasteiger partial charge on any atom is -0.481 e. The quantitative estimate of drug-likeness (QED) is 0.504. The maximum Gasteiger partial charge on any atom is 0.312 e. The first kappa shape index (κ1) is 26.4. The highest BCUT2D eigenvalue weighted by Crippen LogP contribution is 2.67. The van der Waals surface area contributed by atoms with Crippen LogP contribution in [0.3, 0.4) is 0 Å². The van der Waals surface area contributed by atoms with E-state index in [1.807, 2.05) is 6.07 Å². The van der Waals surface area contributed by atoms with E-state index in [1.54, 1.807) is 6.07 Å². The van der Waals surface area contributed by atoms with Crippen LogP contribution in [0.5, 0.6) is 0 Å². The highest BCUT2D eigenvalue weighted by Gasteiger charge is 2.75. The van der Waals surface area contributed by atoms with Gasteiger partial charge in [-0.3, -0.25) is 9.59 Å². The van der Waals surface area contributed by atoms with Crippen molar-refractivity contribution in [3.63, 3.8) is 0 Å². The Morgan fingerprint density at radius 3 is 2.44 bits per heavy atom. The summed E-state index contributed by atoms with van der Waals surface area (Å²) in [4.78, 5) is 24.8. The molecule has 0 saturated heterocycles. The molecule has 3 N–H and O–H groups in total. The number of amides is 1. The third kappa shape index (κ3) is 4.14. The van der Waals surface area contributed by atoms with Gasteiger partial charge in [0.25, 0.3) is 0 Å². The van der Waals surface area contributed by atoms with E-state index in [9.17, 15) is 32.8 Å². The van der Waals surface area contributed by atoms with Crippen molar-refractivity contribution in [2.45, 2.75) is 42.1 Å². The van der Waals surface area contributed by atoms with Gasteiger partial charge in [0, 0.05) is 5.92 Å². The molecule has 0 aromatic heterocycles. The minimum atomic E-state index is -4.12. The number of aliphatic carboxylic acids is 1. The number of rotatable bonds is 8. The average molecular weight is 555 g/mol. The molecule has 0 bridgehead atoms. The van der Waals surface area contributed by atoms with E-state index < -0.39 is 62.1 Å². The first-order chi connectivity index (χ1) is 16.9. The number of primary amides is 1. The Labute approximate surface area is 216 Å². The number of nitrogens with two attached hydrogens (primary N) is 1. The monoisotopic (exact) mass is 554 g/mol. The lowest BCUT2D eigenvalue weighted by Crippen LogP contribution is -2.45. The maximum atomic E-state index is 13.9. The molecular weight excluding hydrogens is 534 g/mol. The van der Waals surface area contributed by atoms with Crippen LogP contribution < -0.4 is 5.73 Å². The molecule has 5 atom stereocenters. The lowest BCUT2D eigenvalue weighted by Gasteiger charge is -2.32. The second kappa shape index (κ2) is 9.30. The fourth-order valence-electron chi connectivity index (χ4n) is 5.25. The summed E-state index contributed by atoms with van der Waals surface area (Å²) in [6.07, 6.45) is -2.03. The number of hydrogen-bond acceptors (Lipinski definition) is 6. The summed E-state index contributed by atoms with van der Waals surface area (Å²) in [5.74, 6) is -4.16. The fraction of sp³-hybridized carbons (Fsp3) is 0.375. The standard InChI is InChI=1S/C24H21Cl2FN2O6S/c25-15-6-5-13(7-17(15)27)11-35-20-8-14(36(33,34)18-4-2-1-3-16(18)26)9-24(20,22(31)32)19-10-23(19,12-28)21(29)30/h1-7,14,19-20H,8-11H2,(H2,29,30)(H,31,32)/t14-,19?,20+,23?,24+/m1/s1. The zero-order valence-electron chi connectivity index (χ0n) is 18.7. The van der Waals surface area contributed by atoms with E-state index in [0.717, 1.165) is 6.07 Å². The van der Waals surface area contributed by atoms with Gasteiger partial charge in [0.15, 0.2) is 9.84 Å². The molecule has 190 valence electrons. The molecule has 2 aromatic rings. The zero-order valence-corrected chi connectivity index (χ0v) is 21.0. The predicted molar refractivity (Wildman–Crippen MR) is 127 cm³/mol. The van der Waals surface area contributed by atoms with E-state index in [0.29, 0.717) is 5.56 Å². The molecule has 2 saturated carbocycles. The van der Waals surface area contributed by atoms with Crippen molar-refractivity contribution in [1.82, 2.24) is 0 Å². The molecule has 2 fully saturated rings. The van der Waals surface area contributed by atoms with E-state index in [2.05, 4.69) is 0 Å². The van der Waals surface area contributed by atoms with E-state index in [4.69, 9.17) is 33.7 Å². The number of sulfone groups is 1. The Morgan fingerprint density at radius 2 is 1.89 bits per heavy atom. The van der Waals surface area contributed by atoms with Crippen molar-refractivity contribution in [1.29, 1.82) is 5.26 Å². The lowest BCUT2D eigenvalue weighted by atomic mass is 9.75. The number of halogens is 3. The molecule has 0 aliphatic heterocycles. The highest BCUT2D eigenvalue weighted by molar-refractivity contribution is 7.92. The summed E-state index contributed by atoms with van der Waals surface area (Å²) < 4.78 is 46.9. The van der Waals surface area contributed by atoms with Gasteiger partial charge in [-0.15, -0.1) is 0 Å². The van der Waals surface area contributed by atoms with Crippen molar-refractivity contribution in [3.05, 3.63) is 63.9 Å². The summed E-state index contributed by atoms with van der Waals surface area (Å²) in [5, 5.41) is 18.7. The number of benzene rings is 2. The van der Waals surface area contributed by atoms with Gasteiger partial charge in [0.1, 0.15) is 16.6 Å². The third-order valence-corrected chi connectivity index (χ3v) is 10.2. The van der Waals surface area contributed by atoms with Crippen LogP contribution in [0.15, 0.2) is 47.4 Å². The second-order valence-corrected chi connectivity index (χ2v) is 12.1. The Balaban J connectivity index is 1.75. The molecule has 36 heavy (non-hydrogen) atoms. The van der Waals surface area contributed by atoms with Crippen molar-refractivity contribution < 1.29 is 32.2 Å². The van der Waals surface area contributed by atoms with Gasteiger partial charge in [-0.05, 0) is 49.1 Å². The van der Waals surface area contributed by atoms with Gasteiger partial charge in [-0.1, -0.05) is 41.4 Å². The number of carbonyl (C=O) groups excluding carboxylic acids is 1. The Bertz CT molecular complexity index is 1400. The van der Waals surface area contributed by atoms with Gasteiger partial charge < -0.3 is 15.6 Å². The second-order valence-electron chi connectivity index (χ2n) is 9.14. The van der Waals surface area contributed by atoms with Gasteiger partial charge in [-0.25, -0.2) is 12.8 Å². The van der Waals surface area contributed by atoms with Gasteiger partial charge in [0.2, 0.25) is 5.91 Å². The van der Waals surface area contributed by atoms with Gasteiger partial charge >= 0.3 is 5.97 Å². The van der Waals surface area contributed by atoms with E-state index in [-0.39, 0.29) is 34.4 Å². The van der Waals surface area contributed by atoms with Gasteiger partial charge in [0.05, 0.1) is 39.0 Å². The van der Waals surface area contributed by atoms with Crippen LogP contribution in [0.25, 0.3) is 0 Å². The number of nitrogens with zero attached hydrogens (tertiary/aromatic N) is 1. The first-order valence-corrected chi connectivity index (χ1v) is 13.2. The van der Waals surface area contributed by atoms with Gasteiger partial charge in [-0.2, -0.15) is 5.26 Å². The zero-order chi connectivity index (χ0) is 26.5. The summed E-state index contributed by atoms with van der Waals surface area (Å²) in [5.41, 5.74) is 2.12. The van der Waals surface area contributed by atoms with Crippen molar-refractivity contribution in [2.75, 3.05) is 0 Å². The molecule has 2 unspecified atom stereocenters. The Hall–Kier alpha value is -2.71. The molecule has 2 aliphatic rings. The molecule has 12 heteroatoms. The number of hydrogen-bond donors (Lipinski definition) is 2. The van der Waals surface area contributed by atoms with Crippen LogP contribution in [0, 0.1) is 33.9 Å². The first-order valence-electron chi connectivity index (χ1n) is 10.9. The summed E-state index contributed by atoms with van der Waals surface area (Å²) in [7, 11) is -4.12. The van der Waals surface area contributed by atoms with Crippen molar-refractivity contribution >= 4 is 44.9 Å². The largest absolute Gasteiger partial charge is 0.481 e. The SMILES string of the molecule is N#CC1(C(N)=O)CC1[C@@]1(C(=O)O)C[C@H](S(=O)(=O)c2ccccc2Cl)C[C@@H]1OCc1ccc(Cl)c(F)c1. The van der Waals surface area contributed by atoms with Crippen LogP contribution in [0.1, 0.15) is 24.8 Å². The highest BCUT2D eigenvalue weighted by atomic mass is 35.5. The van der Waals surface area contributed by atoms with Crippen LogP contribution in [0.2, 0.25) is 10.0 Å². The normalized spacial score (nSPS) is 29.4. The molecule has 8 nitrogen and oxygen atoms in total. The smallest absolute Gasteiger partial charge is 0.312 e. The van der Waals surface area contributed by atoms with Crippen molar-refractivity contribution in [3.8, 4) is 6.07 Å². The lowest BCUT2D eigenvalue weighted by molar-refractivity contribution is -0.161. The fourth-order valence-corrected chi connectivity index (χ4v) is 7.72. The molecular formula is C24H21Cl2FN2O6S. The molecule has 0 heterocycles. The van der Waals surface area contributed by atoms with Crippen LogP contribution in [-0.2, 0) is 30.8 Å². The number of ether oxygens (including phenoxy) is 1. The van der Waals surface area contributed by atoms with Crippen LogP contribution >= 0.6 is 23.2 Å². The molecule has 1 amide bonds. The average Bonchev–Trinajstić information content (AvgIpc) is 3.46.